The lowest BCUT2D eigenvalue weighted by molar-refractivity contribution is 0.0920. The second-order valence-corrected chi connectivity index (χ2v) is 8.09. The summed E-state index contributed by atoms with van der Waals surface area (Å²) in [6.07, 6.45) is 0.891. The van der Waals surface area contributed by atoms with E-state index in [2.05, 4.69) is 21.9 Å². The minimum absolute atomic E-state index is 0. The van der Waals surface area contributed by atoms with E-state index in [4.69, 9.17) is 4.52 Å². The molecule has 0 saturated heterocycles. The summed E-state index contributed by atoms with van der Waals surface area (Å²) in [6, 6.07) is 9.08. The highest BCUT2D eigenvalue weighted by molar-refractivity contribution is 6.02. The number of fused-ring (bicyclic) bond motifs is 1. The lowest BCUT2D eigenvalue weighted by Gasteiger charge is -2.18. The third kappa shape index (κ3) is 4.31. The molecule has 3 aromatic rings. The molecule has 1 aliphatic rings. The lowest BCUT2D eigenvalue weighted by atomic mass is 9.91. The van der Waals surface area contributed by atoms with E-state index in [0.29, 0.717) is 28.9 Å². The summed E-state index contributed by atoms with van der Waals surface area (Å²) in [4.78, 5) is 12.7. The molecule has 4 N–H and O–H groups in total. The molecule has 0 radical (unpaired) electrons. The zero-order valence-corrected chi connectivity index (χ0v) is 19.2. The molecule has 0 spiro atoms. The Kier molecular flexibility index (Phi) is 7.11. The molecule has 0 fully saturated rings. The Morgan fingerprint density at radius 2 is 1.97 bits per heavy atom. The maximum atomic E-state index is 12.7. The summed E-state index contributed by atoms with van der Waals surface area (Å²) in [5.41, 5.74) is 5.23. The highest BCUT2D eigenvalue weighted by Gasteiger charge is 2.27. The fraction of sp³-hybridized carbons (Fsp3) is 0.333. The largest absolute Gasteiger partial charge is 0.508 e. The van der Waals surface area contributed by atoms with E-state index in [1.165, 1.54) is 17.2 Å². The number of halogens is 1. The molecule has 8 heteroatoms. The van der Waals surface area contributed by atoms with Crippen molar-refractivity contribution in [1.29, 1.82) is 0 Å². The monoisotopic (exact) mass is 457 g/mol. The molecular weight excluding hydrogens is 430 g/mol. The van der Waals surface area contributed by atoms with Gasteiger partial charge >= 0.3 is 0 Å². The molecular formula is C24H28ClN3O4. The highest BCUT2D eigenvalue weighted by Crippen LogP contribution is 2.42. The van der Waals surface area contributed by atoms with Crippen molar-refractivity contribution in [3.63, 3.8) is 0 Å². The van der Waals surface area contributed by atoms with E-state index in [1.807, 2.05) is 32.9 Å². The molecule has 0 unspecified atom stereocenters. The standard InChI is InChI=1S/C24H27N3O4.ClH/c1-4-26-24(30)23-21(15-5-6-16-12-25-8-7-14(16)9-15)22(27-31-23)18-10-17(13(2)3)19(28)11-20(18)29;/h5-6,9-11,13,25,28-29H,4,7-8,12H2,1-3H3,(H,26,30);1H. The Labute approximate surface area is 193 Å². The van der Waals surface area contributed by atoms with Crippen LogP contribution in [0.15, 0.2) is 34.9 Å². The van der Waals surface area contributed by atoms with E-state index in [-0.39, 0.29) is 41.5 Å². The van der Waals surface area contributed by atoms with E-state index < -0.39 is 0 Å². The first-order valence-electron chi connectivity index (χ1n) is 10.6. The Morgan fingerprint density at radius 3 is 2.69 bits per heavy atom. The predicted octanol–water partition coefficient (Wildman–Crippen LogP) is 4.36. The third-order valence-corrected chi connectivity index (χ3v) is 5.64. The molecule has 2 heterocycles. The summed E-state index contributed by atoms with van der Waals surface area (Å²) >= 11 is 0. The number of carbonyl (C=O) groups is 1. The summed E-state index contributed by atoms with van der Waals surface area (Å²) < 4.78 is 5.50. The number of phenols is 2. The van der Waals surface area contributed by atoms with Gasteiger partial charge in [-0.15, -0.1) is 12.4 Å². The fourth-order valence-corrected chi connectivity index (χ4v) is 4.02. The van der Waals surface area contributed by atoms with Crippen LogP contribution in [0.1, 0.15) is 53.9 Å². The van der Waals surface area contributed by atoms with Gasteiger partial charge in [-0.1, -0.05) is 37.2 Å². The second-order valence-electron chi connectivity index (χ2n) is 8.09. The van der Waals surface area contributed by atoms with Gasteiger partial charge in [0.2, 0.25) is 5.76 Å². The van der Waals surface area contributed by atoms with Crippen molar-refractivity contribution < 1.29 is 19.5 Å². The van der Waals surface area contributed by atoms with Crippen molar-refractivity contribution >= 4 is 18.3 Å². The third-order valence-electron chi connectivity index (χ3n) is 5.64. The predicted molar refractivity (Wildman–Crippen MR) is 125 cm³/mol. The molecule has 0 aliphatic carbocycles. The normalized spacial score (nSPS) is 12.9. The topological polar surface area (TPSA) is 108 Å². The van der Waals surface area contributed by atoms with Gasteiger partial charge in [0.15, 0.2) is 0 Å². The lowest BCUT2D eigenvalue weighted by Crippen LogP contribution is -2.24. The van der Waals surface area contributed by atoms with Crippen molar-refractivity contribution in [2.24, 2.45) is 0 Å². The van der Waals surface area contributed by atoms with Gasteiger partial charge in [-0.25, -0.2) is 0 Å². The van der Waals surface area contributed by atoms with E-state index in [1.54, 1.807) is 6.07 Å². The summed E-state index contributed by atoms with van der Waals surface area (Å²) in [5, 5.41) is 31.2. The Balaban J connectivity index is 0.00000289. The number of carbonyl (C=O) groups excluding carboxylic acids is 1. The van der Waals surface area contributed by atoms with Gasteiger partial charge in [0.25, 0.3) is 5.91 Å². The maximum Gasteiger partial charge on any atom is 0.290 e. The molecule has 0 saturated carbocycles. The summed E-state index contributed by atoms with van der Waals surface area (Å²) in [7, 11) is 0. The first kappa shape index (κ1) is 23.6. The average molecular weight is 458 g/mol. The van der Waals surface area contributed by atoms with Crippen molar-refractivity contribution in [3.8, 4) is 33.9 Å². The van der Waals surface area contributed by atoms with E-state index in [9.17, 15) is 15.0 Å². The minimum Gasteiger partial charge on any atom is -0.508 e. The number of hydrogen-bond donors (Lipinski definition) is 4. The molecule has 1 aromatic heterocycles. The zero-order chi connectivity index (χ0) is 22.1. The van der Waals surface area contributed by atoms with Crippen LogP contribution in [0.5, 0.6) is 11.5 Å². The number of aromatic nitrogens is 1. The number of nitrogens with one attached hydrogen (secondary N) is 2. The van der Waals surface area contributed by atoms with Gasteiger partial charge in [0.1, 0.15) is 17.2 Å². The van der Waals surface area contributed by atoms with Crippen LogP contribution >= 0.6 is 12.4 Å². The van der Waals surface area contributed by atoms with Gasteiger partial charge in [0, 0.05) is 24.7 Å². The van der Waals surface area contributed by atoms with Crippen molar-refractivity contribution in [2.45, 2.75) is 39.7 Å². The van der Waals surface area contributed by atoms with Crippen LogP contribution in [0.3, 0.4) is 0 Å². The van der Waals surface area contributed by atoms with E-state index >= 15 is 0 Å². The number of rotatable bonds is 5. The van der Waals surface area contributed by atoms with Gasteiger partial charge in [0.05, 0.1) is 5.56 Å². The van der Waals surface area contributed by atoms with Crippen LogP contribution in [0.4, 0.5) is 0 Å². The van der Waals surface area contributed by atoms with Crippen LogP contribution in [0, 0.1) is 0 Å². The van der Waals surface area contributed by atoms with Gasteiger partial charge < -0.3 is 25.4 Å². The smallest absolute Gasteiger partial charge is 0.290 e. The Bertz CT molecular complexity index is 1140. The zero-order valence-electron chi connectivity index (χ0n) is 18.4. The number of amides is 1. The number of nitrogens with zero attached hydrogens (tertiary/aromatic N) is 1. The average Bonchev–Trinajstić information content (AvgIpc) is 3.18. The fourth-order valence-electron chi connectivity index (χ4n) is 4.02. The molecule has 0 atom stereocenters. The van der Waals surface area contributed by atoms with Crippen LogP contribution in [0.2, 0.25) is 0 Å². The molecule has 4 rings (SSSR count). The van der Waals surface area contributed by atoms with E-state index in [0.717, 1.165) is 25.1 Å². The SMILES string of the molecule is CCNC(=O)c1onc(-c2cc(C(C)C)c(O)cc2O)c1-c1ccc2c(c1)CCNC2.Cl. The van der Waals surface area contributed by atoms with Gasteiger partial charge in [-0.3, -0.25) is 4.79 Å². The van der Waals surface area contributed by atoms with Gasteiger partial charge in [-0.05, 0) is 54.1 Å². The van der Waals surface area contributed by atoms with Crippen molar-refractivity contribution in [3.05, 3.63) is 52.8 Å². The molecule has 1 amide bonds. The Hall–Kier alpha value is -3.03. The van der Waals surface area contributed by atoms with Crippen molar-refractivity contribution in [1.82, 2.24) is 15.8 Å². The number of phenolic OH excluding ortho intramolecular Hbond substituents is 2. The van der Waals surface area contributed by atoms with Gasteiger partial charge in [-0.2, -0.15) is 0 Å². The number of benzene rings is 2. The second kappa shape index (κ2) is 9.63. The van der Waals surface area contributed by atoms with Crippen LogP contribution in [-0.4, -0.2) is 34.4 Å². The van der Waals surface area contributed by atoms with Crippen LogP contribution in [-0.2, 0) is 13.0 Å². The number of hydrogen-bond acceptors (Lipinski definition) is 6. The maximum absolute atomic E-state index is 12.7. The summed E-state index contributed by atoms with van der Waals surface area (Å²) in [6.45, 7) is 7.90. The molecule has 170 valence electrons. The highest BCUT2D eigenvalue weighted by atomic mass is 35.5. The molecule has 0 bridgehead atoms. The number of aromatic hydroxyl groups is 2. The van der Waals surface area contributed by atoms with Crippen LogP contribution in [0.25, 0.3) is 22.4 Å². The quantitative estimate of drug-likeness (QED) is 0.453. The first-order chi connectivity index (χ1) is 14.9. The Morgan fingerprint density at radius 1 is 1.19 bits per heavy atom. The minimum atomic E-state index is -0.363. The van der Waals surface area contributed by atoms with Crippen molar-refractivity contribution in [2.75, 3.05) is 13.1 Å². The molecule has 7 nitrogen and oxygen atoms in total. The molecule has 1 aliphatic heterocycles. The molecule has 2 aromatic carbocycles. The molecule has 32 heavy (non-hydrogen) atoms. The summed E-state index contributed by atoms with van der Waals surface area (Å²) in [5.74, 6) is -0.330. The first-order valence-corrected chi connectivity index (χ1v) is 10.6. The van der Waals surface area contributed by atoms with Crippen LogP contribution < -0.4 is 10.6 Å².